The number of benzene rings is 2. The van der Waals surface area contributed by atoms with Crippen molar-refractivity contribution in [3.05, 3.63) is 59.9 Å². The van der Waals surface area contributed by atoms with Crippen LogP contribution in [0.3, 0.4) is 0 Å². The Morgan fingerprint density at radius 3 is 2.31 bits per heavy atom. The van der Waals surface area contributed by atoms with E-state index >= 15 is 0 Å². The molecule has 0 atom stereocenters. The van der Waals surface area contributed by atoms with Crippen LogP contribution in [0.1, 0.15) is 23.2 Å². The molecule has 2 aliphatic rings. The van der Waals surface area contributed by atoms with Gasteiger partial charge in [-0.1, -0.05) is 12.1 Å². The zero-order chi connectivity index (χ0) is 20.2. The topological polar surface area (TPSA) is 37.2 Å². The van der Waals surface area contributed by atoms with Crippen molar-refractivity contribution < 1.29 is 18.8 Å². The normalized spacial score (nSPS) is 18.7. The maximum absolute atomic E-state index is 13.1. The lowest BCUT2D eigenvalue weighted by Crippen LogP contribution is -3.18. The van der Waals surface area contributed by atoms with Crippen LogP contribution < -0.4 is 14.5 Å². The summed E-state index contributed by atoms with van der Waals surface area (Å²) in [5, 5.41) is 0. The van der Waals surface area contributed by atoms with Crippen LogP contribution in [-0.2, 0) is 0 Å². The van der Waals surface area contributed by atoms with E-state index in [0.29, 0.717) is 11.6 Å². The summed E-state index contributed by atoms with van der Waals surface area (Å²) in [4.78, 5) is 18.6. The summed E-state index contributed by atoms with van der Waals surface area (Å²) >= 11 is 0. The highest BCUT2D eigenvalue weighted by Gasteiger charge is 2.32. The third-order valence-corrected chi connectivity index (χ3v) is 6.28. The van der Waals surface area contributed by atoms with Gasteiger partial charge in [0.15, 0.2) is 0 Å². The van der Waals surface area contributed by atoms with E-state index in [0.717, 1.165) is 57.9 Å². The number of ether oxygens (including phenoxy) is 1. The molecule has 0 unspecified atom stereocenters. The molecule has 2 saturated heterocycles. The number of carbonyl (C=O) groups is 1. The van der Waals surface area contributed by atoms with Crippen molar-refractivity contribution in [1.82, 2.24) is 4.90 Å². The Morgan fingerprint density at radius 2 is 1.66 bits per heavy atom. The standard InChI is InChI=1S/C23H28FN3O2/c1-29-22-5-3-2-4-21(22)26-16-14-25(15-17-26)20-10-12-27(13-11-20)23(28)18-6-8-19(24)9-7-18/h2-9,20H,10-17H2,1H3/p+1. The molecule has 2 aromatic carbocycles. The molecular weight excluding hydrogens is 369 g/mol. The Hall–Kier alpha value is -2.60. The SMILES string of the molecule is COc1ccccc1N1CC[NH+](C2CCN(C(=O)c3ccc(F)cc3)CC2)CC1. The second-order valence-corrected chi connectivity index (χ2v) is 7.89. The molecule has 0 aromatic heterocycles. The molecule has 5 nitrogen and oxygen atoms in total. The first-order chi connectivity index (χ1) is 14.2. The number of piperidine rings is 1. The summed E-state index contributed by atoms with van der Waals surface area (Å²) in [5.74, 6) is 0.638. The van der Waals surface area contributed by atoms with E-state index < -0.39 is 0 Å². The van der Waals surface area contributed by atoms with Gasteiger partial charge in [-0.15, -0.1) is 0 Å². The number of nitrogens with zero attached hydrogens (tertiary/aromatic N) is 2. The molecule has 29 heavy (non-hydrogen) atoms. The van der Waals surface area contributed by atoms with E-state index in [4.69, 9.17) is 4.74 Å². The number of quaternary nitrogens is 1. The van der Waals surface area contributed by atoms with Gasteiger partial charge >= 0.3 is 0 Å². The van der Waals surface area contributed by atoms with Crippen LogP contribution in [0.2, 0.25) is 0 Å². The fourth-order valence-corrected chi connectivity index (χ4v) is 4.60. The molecule has 2 heterocycles. The fraction of sp³-hybridized carbons (Fsp3) is 0.435. The number of likely N-dealkylation sites (tertiary alicyclic amines) is 1. The first-order valence-corrected chi connectivity index (χ1v) is 10.4. The van der Waals surface area contributed by atoms with Crippen molar-refractivity contribution in [2.75, 3.05) is 51.3 Å². The molecule has 1 N–H and O–H groups in total. The number of hydrogen-bond donors (Lipinski definition) is 1. The number of piperazine rings is 1. The second kappa shape index (κ2) is 8.82. The van der Waals surface area contributed by atoms with Crippen LogP contribution >= 0.6 is 0 Å². The van der Waals surface area contributed by atoms with Crippen LogP contribution in [0, 0.1) is 5.82 Å². The summed E-state index contributed by atoms with van der Waals surface area (Å²) in [6.45, 7) is 5.80. The molecule has 6 heteroatoms. The van der Waals surface area contributed by atoms with Gasteiger partial charge in [-0.3, -0.25) is 4.79 Å². The predicted molar refractivity (Wildman–Crippen MR) is 111 cm³/mol. The highest BCUT2D eigenvalue weighted by Crippen LogP contribution is 2.27. The third kappa shape index (κ3) is 4.37. The molecule has 2 fully saturated rings. The number of nitrogens with one attached hydrogen (secondary N) is 1. The lowest BCUT2D eigenvalue weighted by Gasteiger charge is -2.41. The van der Waals surface area contributed by atoms with Crippen molar-refractivity contribution in [3.8, 4) is 5.75 Å². The Labute approximate surface area is 171 Å². The van der Waals surface area contributed by atoms with Gasteiger partial charge < -0.3 is 19.4 Å². The summed E-state index contributed by atoms with van der Waals surface area (Å²) < 4.78 is 18.6. The summed E-state index contributed by atoms with van der Waals surface area (Å²) in [7, 11) is 1.72. The molecule has 0 bridgehead atoms. The maximum Gasteiger partial charge on any atom is 0.253 e. The summed E-state index contributed by atoms with van der Waals surface area (Å²) in [6, 6.07) is 14.7. The van der Waals surface area contributed by atoms with Crippen molar-refractivity contribution >= 4 is 11.6 Å². The number of anilines is 1. The minimum absolute atomic E-state index is 0.0134. The molecule has 0 aliphatic carbocycles. The molecule has 1 amide bonds. The van der Waals surface area contributed by atoms with Crippen LogP contribution in [0.15, 0.2) is 48.5 Å². The zero-order valence-electron chi connectivity index (χ0n) is 16.9. The van der Waals surface area contributed by atoms with Crippen molar-refractivity contribution in [1.29, 1.82) is 0 Å². The van der Waals surface area contributed by atoms with Gasteiger partial charge in [0.2, 0.25) is 0 Å². The molecule has 4 rings (SSSR count). The lowest BCUT2D eigenvalue weighted by atomic mass is 10.0. The van der Waals surface area contributed by atoms with E-state index in [1.807, 2.05) is 17.0 Å². The molecule has 2 aromatic rings. The van der Waals surface area contributed by atoms with E-state index in [1.54, 1.807) is 24.1 Å². The largest absolute Gasteiger partial charge is 0.495 e. The monoisotopic (exact) mass is 398 g/mol. The second-order valence-electron chi connectivity index (χ2n) is 7.89. The van der Waals surface area contributed by atoms with E-state index in [9.17, 15) is 9.18 Å². The number of halogens is 1. The van der Waals surface area contributed by atoms with Gasteiger partial charge in [-0.25, -0.2) is 4.39 Å². The molecule has 154 valence electrons. The number of methoxy groups -OCH3 is 1. The van der Waals surface area contributed by atoms with Gasteiger partial charge in [-0.05, 0) is 36.4 Å². The van der Waals surface area contributed by atoms with Crippen molar-refractivity contribution in [3.63, 3.8) is 0 Å². The molecule has 2 aliphatic heterocycles. The Kier molecular flexibility index (Phi) is 6.00. The van der Waals surface area contributed by atoms with Crippen molar-refractivity contribution in [2.24, 2.45) is 0 Å². The quantitative estimate of drug-likeness (QED) is 0.854. The number of amides is 1. The number of hydrogen-bond acceptors (Lipinski definition) is 3. The zero-order valence-corrected chi connectivity index (χ0v) is 16.9. The highest BCUT2D eigenvalue weighted by molar-refractivity contribution is 5.94. The minimum Gasteiger partial charge on any atom is -0.495 e. The van der Waals surface area contributed by atoms with Gasteiger partial charge in [0.05, 0.1) is 45.0 Å². The molecular formula is C23H29FN3O2+. The van der Waals surface area contributed by atoms with Crippen LogP contribution in [0.4, 0.5) is 10.1 Å². The van der Waals surface area contributed by atoms with E-state index in [2.05, 4.69) is 17.0 Å². The Balaban J connectivity index is 1.29. The maximum atomic E-state index is 13.1. The number of para-hydroxylation sites is 2. The lowest BCUT2D eigenvalue weighted by molar-refractivity contribution is -0.927. The molecule has 0 radical (unpaired) electrons. The molecule has 0 saturated carbocycles. The van der Waals surface area contributed by atoms with Gasteiger partial charge in [0.25, 0.3) is 5.91 Å². The summed E-state index contributed by atoms with van der Waals surface area (Å²) in [5.41, 5.74) is 1.75. The van der Waals surface area contributed by atoms with Crippen LogP contribution in [0.5, 0.6) is 5.75 Å². The fourth-order valence-electron chi connectivity index (χ4n) is 4.60. The van der Waals surface area contributed by atoms with Gasteiger partial charge in [0, 0.05) is 31.5 Å². The van der Waals surface area contributed by atoms with Crippen molar-refractivity contribution in [2.45, 2.75) is 18.9 Å². The first kappa shape index (κ1) is 19.7. The minimum atomic E-state index is -0.309. The average Bonchev–Trinajstić information content (AvgIpc) is 2.79. The third-order valence-electron chi connectivity index (χ3n) is 6.28. The number of carbonyl (C=O) groups excluding carboxylic acids is 1. The van der Waals surface area contributed by atoms with Crippen LogP contribution in [0.25, 0.3) is 0 Å². The van der Waals surface area contributed by atoms with Gasteiger partial charge in [-0.2, -0.15) is 0 Å². The average molecular weight is 399 g/mol. The molecule has 0 spiro atoms. The highest BCUT2D eigenvalue weighted by atomic mass is 19.1. The van der Waals surface area contributed by atoms with E-state index in [-0.39, 0.29) is 11.7 Å². The van der Waals surface area contributed by atoms with Crippen LogP contribution in [-0.4, -0.2) is 63.2 Å². The number of rotatable bonds is 4. The first-order valence-electron chi connectivity index (χ1n) is 10.4. The Morgan fingerprint density at radius 1 is 1.00 bits per heavy atom. The summed E-state index contributed by atoms with van der Waals surface area (Å²) in [6.07, 6.45) is 2.05. The van der Waals surface area contributed by atoms with E-state index in [1.165, 1.54) is 17.8 Å². The predicted octanol–water partition coefficient (Wildman–Crippen LogP) is 1.84. The smallest absolute Gasteiger partial charge is 0.253 e. The Bertz CT molecular complexity index is 826. The van der Waals surface area contributed by atoms with Gasteiger partial charge in [0.1, 0.15) is 11.6 Å².